The van der Waals surface area contributed by atoms with Crippen molar-refractivity contribution in [1.29, 1.82) is 0 Å². The number of pyridine rings is 1. The van der Waals surface area contributed by atoms with Crippen molar-refractivity contribution in [1.82, 2.24) is 25.0 Å². The van der Waals surface area contributed by atoms with Crippen molar-refractivity contribution in [2.75, 3.05) is 26.7 Å². The summed E-state index contributed by atoms with van der Waals surface area (Å²) in [6, 6.07) is 5.93. The van der Waals surface area contributed by atoms with E-state index in [4.69, 9.17) is 0 Å². The SMILES string of the molecule is CCc1cc(C(=O)N2CC[C@H](CN(C)Cc3cccnc3)C2)n[nH]1. The summed E-state index contributed by atoms with van der Waals surface area (Å²) in [5.41, 5.74) is 2.76. The Morgan fingerprint density at radius 2 is 2.38 bits per heavy atom. The number of nitrogens with one attached hydrogen (secondary N) is 1. The number of aryl methyl sites for hydroxylation is 1. The van der Waals surface area contributed by atoms with Gasteiger partial charge >= 0.3 is 0 Å². The molecule has 1 amide bonds. The van der Waals surface area contributed by atoms with Gasteiger partial charge in [-0.05, 0) is 43.5 Å². The van der Waals surface area contributed by atoms with Crippen LogP contribution >= 0.6 is 0 Å². The number of hydrogen-bond donors (Lipinski definition) is 1. The highest BCUT2D eigenvalue weighted by atomic mass is 16.2. The van der Waals surface area contributed by atoms with E-state index in [-0.39, 0.29) is 5.91 Å². The molecular weight excluding hydrogens is 302 g/mol. The van der Waals surface area contributed by atoms with Crippen LogP contribution in [0.3, 0.4) is 0 Å². The lowest BCUT2D eigenvalue weighted by molar-refractivity contribution is 0.0778. The lowest BCUT2D eigenvalue weighted by atomic mass is 10.1. The largest absolute Gasteiger partial charge is 0.337 e. The predicted molar refractivity (Wildman–Crippen MR) is 92.5 cm³/mol. The molecule has 0 aromatic carbocycles. The molecule has 1 saturated heterocycles. The Kier molecular flexibility index (Phi) is 5.25. The van der Waals surface area contributed by atoms with E-state index in [1.54, 1.807) is 6.20 Å². The van der Waals surface area contributed by atoms with Crippen LogP contribution in [0.15, 0.2) is 30.6 Å². The fourth-order valence-electron chi connectivity index (χ4n) is 3.29. The third-order valence-electron chi connectivity index (χ3n) is 4.55. The van der Waals surface area contributed by atoms with Crippen LogP contribution in [0.25, 0.3) is 0 Å². The zero-order valence-electron chi connectivity index (χ0n) is 14.4. The minimum atomic E-state index is 0.0448. The summed E-state index contributed by atoms with van der Waals surface area (Å²) in [6.45, 7) is 5.55. The summed E-state index contributed by atoms with van der Waals surface area (Å²) in [6.07, 6.45) is 5.61. The first-order valence-electron chi connectivity index (χ1n) is 8.56. The first kappa shape index (κ1) is 16.6. The standard InChI is InChI=1S/C18H25N5O/c1-3-16-9-17(21-20-16)18(24)23-8-6-15(13-23)12-22(2)11-14-5-4-7-19-10-14/h4-5,7,9-10,15H,3,6,8,11-13H2,1-2H3,(H,20,21)/t15-/m1/s1. The highest BCUT2D eigenvalue weighted by Gasteiger charge is 2.28. The van der Waals surface area contributed by atoms with Gasteiger partial charge in [0, 0.05) is 44.3 Å². The lowest BCUT2D eigenvalue weighted by Gasteiger charge is -2.21. The van der Waals surface area contributed by atoms with Crippen LogP contribution in [0.4, 0.5) is 0 Å². The van der Waals surface area contributed by atoms with Crippen molar-refractivity contribution in [2.45, 2.75) is 26.3 Å². The molecule has 2 aromatic rings. The maximum Gasteiger partial charge on any atom is 0.274 e. The molecule has 0 radical (unpaired) electrons. The maximum absolute atomic E-state index is 12.5. The van der Waals surface area contributed by atoms with E-state index < -0.39 is 0 Å². The zero-order chi connectivity index (χ0) is 16.9. The van der Waals surface area contributed by atoms with Gasteiger partial charge in [0.15, 0.2) is 0 Å². The van der Waals surface area contributed by atoms with Crippen LogP contribution in [0.1, 0.15) is 35.1 Å². The van der Waals surface area contributed by atoms with E-state index in [1.807, 2.05) is 30.2 Å². The second-order valence-corrected chi connectivity index (χ2v) is 6.60. The van der Waals surface area contributed by atoms with Crippen LogP contribution in [0, 0.1) is 5.92 Å². The van der Waals surface area contributed by atoms with Gasteiger partial charge in [-0.15, -0.1) is 0 Å². The molecule has 1 aliphatic heterocycles. The summed E-state index contributed by atoms with van der Waals surface area (Å²) < 4.78 is 0. The zero-order valence-corrected chi connectivity index (χ0v) is 14.4. The quantitative estimate of drug-likeness (QED) is 0.881. The molecular formula is C18H25N5O. The Hall–Kier alpha value is -2.21. The van der Waals surface area contributed by atoms with Crippen molar-refractivity contribution in [3.63, 3.8) is 0 Å². The molecule has 0 bridgehead atoms. The van der Waals surface area contributed by atoms with E-state index >= 15 is 0 Å². The van der Waals surface area contributed by atoms with E-state index in [2.05, 4.69) is 33.2 Å². The molecule has 1 atom stereocenters. The van der Waals surface area contributed by atoms with Crippen molar-refractivity contribution < 1.29 is 4.79 Å². The number of aromatic amines is 1. The molecule has 1 fully saturated rings. The van der Waals surface area contributed by atoms with Gasteiger partial charge in [0.2, 0.25) is 0 Å². The van der Waals surface area contributed by atoms with Crippen LogP contribution < -0.4 is 0 Å². The summed E-state index contributed by atoms with van der Waals surface area (Å²) in [5, 5.41) is 7.06. The highest BCUT2D eigenvalue weighted by molar-refractivity contribution is 5.92. The second-order valence-electron chi connectivity index (χ2n) is 6.60. The van der Waals surface area contributed by atoms with Gasteiger partial charge in [-0.3, -0.25) is 14.9 Å². The van der Waals surface area contributed by atoms with Gasteiger partial charge in [-0.25, -0.2) is 0 Å². The van der Waals surface area contributed by atoms with Crippen molar-refractivity contribution in [3.05, 3.63) is 47.5 Å². The Bertz CT molecular complexity index is 669. The van der Waals surface area contributed by atoms with Crippen molar-refractivity contribution in [2.24, 2.45) is 5.92 Å². The number of hydrogen-bond acceptors (Lipinski definition) is 4. The van der Waals surface area contributed by atoms with E-state index in [1.165, 1.54) is 5.56 Å². The van der Waals surface area contributed by atoms with Gasteiger partial charge in [-0.1, -0.05) is 13.0 Å². The summed E-state index contributed by atoms with van der Waals surface area (Å²) in [4.78, 5) is 20.9. The molecule has 128 valence electrons. The molecule has 1 aliphatic rings. The number of carbonyl (C=O) groups excluding carboxylic acids is 1. The first-order valence-corrected chi connectivity index (χ1v) is 8.56. The van der Waals surface area contributed by atoms with Gasteiger partial charge < -0.3 is 9.80 Å². The second kappa shape index (κ2) is 7.57. The van der Waals surface area contributed by atoms with Gasteiger partial charge in [0.05, 0.1) is 0 Å². The topological polar surface area (TPSA) is 65.1 Å². The van der Waals surface area contributed by atoms with Crippen LogP contribution in [-0.4, -0.2) is 57.6 Å². The van der Waals surface area contributed by atoms with E-state index in [0.29, 0.717) is 11.6 Å². The average molecular weight is 327 g/mol. The maximum atomic E-state index is 12.5. The smallest absolute Gasteiger partial charge is 0.274 e. The molecule has 1 N–H and O–H groups in total. The third-order valence-corrected chi connectivity index (χ3v) is 4.55. The van der Waals surface area contributed by atoms with Crippen LogP contribution in [0.5, 0.6) is 0 Å². The number of aromatic nitrogens is 3. The molecule has 6 nitrogen and oxygen atoms in total. The molecule has 24 heavy (non-hydrogen) atoms. The minimum absolute atomic E-state index is 0.0448. The average Bonchev–Trinajstić information content (AvgIpc) is 3.24. The fraction of sp³-hybridized carbons (Fsp3) is 0.500. The minimum Gasteiger partial charge on any atom is -0.337 e. The first-order chi connectivity index (χ1) is 11.7. The van der Waals surface area contributed by atoms with Gasteiger partial charge in [0.25, 0.3) is 5.91 Å². The number of rotatable bonds is 6. The molecule has 3 heterocycles. The molecule has 2 aromatic heterocycles. The Balaban J connectivity index is 1.50. The molecule has 0 saturated carbocycles. The van der Waals surface area contributed by atoms with Gasteiger partial charge in [0.1, 0.15) is 5.69 Å². The molecule has 0 unspecified atom stereocenters. The Morgan fingerprint density at radius 1 is 1.50 bits per heavy atom. The molecule has 0 aliphatic carbocycles. The van der Waals surface area contributed by atoms with Crippen molar-refractivity contribution in [3.8, 4) is 0 Å². The summed E-state index contributed by atoms with van der Waals surface area (Å²) in [5.74, 6) is 0.559. The van der Waals surface area contributed by atoms with Crippen molar-refractivity contribution >= 4 is 5.91 Å². The predicted octanol–water partition coefficient (Wildman–Crippen LogP) is 1.96. The number of nitrogens with zero attached hydrogens (tertiary/aromatic N) is 4. The lowest BCUT2D eigenvalue weighted by Crippen LogP contribution is -2.31. The summed E-state index contributed by atoms with van der Waals surface area (Å²) >= 11 is 0. The Morgan fingerprint density at radius 3 is 3.08 bits per heavy atom. The fourth-order valence-corrected chi connectivity index (χ4v) is 3.29. The number of H-pyrrole nitrogens is 1. The third kappa shape index (κ3) is 4.00. The van der Waals surface area contributed by atoms with Crippen LogP contribution in [-0.2, 0) is 13.0 Å². The van der Waals surface area contributed by atoms with Crippen LogP contribution in [0.2, 0.25) is 0 Å². The molecule has 0 spiro atoms. The van der Waals surface area contributed by atoms with Gasteiger partial charge in [-0.2, -0.15) is 5.10 Å². The summed E-state index contributed by atoms with van der Waals surface area (Å²) in [7, 11) is 2.12. The normalized spacial score (nSPS) is 17.6. The monoisotopic (exact) mass is 327 g/mol. The number of likely N-dealkylation sites (tertiary alicyclic amines) is 1. The molecule has 6 heteroatoms. The molecule has 3 rings (SSSR count). The number of amides is 1. The highest BCUT2D eigenvalue weighted by Crippen LogP contribution is 2.20. The van der Waals surface area contributed by atoms with E-state index in [0.717, 1.165) is 44.7 Å². The Labute approximate surface area is 142 Å². The van der Waals surface area contributed by atoms with E-state index in [9.17, 15) is 4.79 Å². The number of carbonyl (C=O) groups is 1.